The van der Waals surface area contributed by atoms with Crippen LogP contribution in [0, 0.1) is 0 Å². The number of nitrogens with one attached hydrogen (secondary N) is 3. The van der Waals surface area contributed by atoms with Crippen molar-refractivity contribution in [3.05, 3.63) is 0 Å². The van der Waals surface area contributed by atoms with E-state index in [0.29, 0.717) is 4.90 Å². The van der Waals surface area contributed by atoms with E-state index in [9.17, 15) is 9.59 Å². The van der Waals surface area contributed by atoms with Gasteiger partial charge in [-0.25, -0.2) is 15.0 Å². The molecule has 72 valence electrons. The molecule has 0 aliphatic carbocycles. The number of rotatable bonds is 0. The maximum Gasteiger partial charge on any atom is 0.422 e. The van der Waals surface area contributed by atoms with Crippen LogP contribution in [0.3, 0.4) is 0 Å². The molecule has 2 saturated heterocycles. The van der Waals surface area contributed by atoms with Gasteiger partial charge >= 0.3 is 6.03 Å². The number of likely N-dealkylation sites (N-methyl/N-ethyl adjacent to an activating group) is 1. The van der Waals surface area contributed by atoms with Gasteiger partial charge in [-0.1, -0.05) is 0 Å². The number of imide groups is 1. The van der Waals surface area contributed by atoms with Gasteiger partial charge in [-0.3, -0.25) is 4.79 Å². The lowest BCUT2D eigenvalue weighted by Crippen LogP contribution is -3.18. The van der Waals surface area contributed by atoms with E-state index < -0.39 is 5.54 Å². The van der Waals surface area contributed by atoms with Crippen molar-refractivity contribution in [3.63, 3.8) is 0 Å². The van der Waals surface area contributed by atoms with Crippen LogP contribution in [-0.2, 0) is 4.79 Å². The van der Waals surface area contributed by atoms with Crippen LogP contribution >= 0.6 is 0 Å². The second kappa shape index (κ2) is 2.78. The van der Waals surface area contributed by atoms with Crippen LogP contribution in [0.4, 0.5) is 4.79 Å². The fourth-order valence-electron chi connectivity index (χ4n) is 2.16. The van der Waals surface area contributed by atoms with Crippen molar-refractivity contribution >= 4 is 11.9 Å². The molecule has 1 spiro atoms. The number of hydrogen-bond donors (Lipinski definition) is 3. The Balaban J connectivity index is 2.28. The third-order valence-corrected chi connectivity index (χ3v) is 3.18. The number of hydrogen-bond acceptors (Lipinski definition) is 3. The zero-order valence-electron chi connectivity index (χ0n) is 7.64. The average molecular weight is 184 g/mol. The van der Waals surface area contributed by atoms with Crippen LogP contribution in [-0.4, -0.2) is 37.6 Å². The molecule has 2 heterocycles. The molecule has 0 aromatic carbocycles. The number of amides is 3. The number of urea groups is 1. The topological polar surface area (TPSA) is 62.6 Å². The standard InChI is InChI=1S/C8H13N3O2/c1-11-7(13)10-6(12)8(11)2-4-9-5-3-8/h9H,2-5H2,1H3,(H,10,12,13)/p+1. The molecule has 2 fully saturated rings. The number of quaternary nitrogens is 1. The molecule has 0 aromatic heterocycles. The van der Waals surface area contributed by atoms with Crippen LogP contribution in [0.5, 0.6) is 0 Å². The Bertz CT molecular complexity index is 258. The molecule has 2 aliphatic rings. The normalized spacial score (nSPS) is 32.2. The maximum absolute atomic E-state index is 11.6. The largest absolute Gasteiger partial charge is 0.422 e. The quantitative estimate of drug-likeness (QED) is 0.377. The van der Waals surface area contributed by atoms with Crippen molar-refractivity contribution in [3.8, 4) is 0 Å². The number of carbonyl (C=O) groups excluding carboxylic acids is 2. The summed E-state index contributed by atoms with van der Waals surface area (Å²) in [6.45, 7) is 1.64. The highest BCUT2D eigenvalue weighted by Gasteiger charge is 2.56. The van der Waals surface area contributed by atoms with Crippen LogP contribution < -0.4 is 15.5 Å². The Morgan fingerprint density at radius 1 is 1.31 bits per heavy atom. The van der Waals surface area contributed by atoms with Gasteiger partial charge in [-0.2, -0.15) is 0 Å². The molecule has 5 nitrogen and oxygen atoms in total. The molecule has 13 heavy (non-hydrogen) atoms. The van der Waals surface area contributed by atoms with Gasteiger partial charge in [0.05, 0.1) is 7.05 Å². The third kappa shape index (κ3) is 1.08. The fraction of sp³-hybridized carbons (Fsp3) is 0.750. The lowest BCUT2D eigenvalue weighted by molar-refractivity contribution is -0.836. The van der Waals surface area contributed by atoms with Crippen molar-refractivity contribution in [2.75, 3.05) is 20.1 Å². The summed E-state index contributed by atoms with van der Waals surface area (Å²) in [6.07, 6.45) is 1.49. The number of carbonyl (C=O) groups is 2. The molecule has 1 atom stereocenters. The Morgan fingerprint density at radius 3 is 2.38 bits per heavy atom. The molecule has 2 aliphatic heterocycles. The van der Waals surface area contributed by atoms with Gasteiger partial charge in [-0.05, 0) is 0 Å². The summed E-state index contributed by atoms with van der Waals surface area (Å²) >= 11 is 0. The molecule has 1 unspecified atom stereocenters. The number of piperidine rings is 1. The molecule has 5 heteroatoms. The minimum absolute atomic E-state index is 0.100. The van der Waals surface area contributed by atoms with Crippen molar-refractivity contribution in [2.45, 2.75) is 18.4 Å². The van der Waals surface area contributed by atoms with Crippen molar-refractivity contribution in [1.82, 2.24) is 10.6 Å². The predicted octanol–water partition coefficient (Wildman–Crippen LogP) is -2.13. The smallest absolute Gasteiger partial charge is 0.316 e. The van der Waals surface area contributed by atoms with Crippen LogP contribution in [0.1, 0.15) is 12.8 Å². The zero-order chi connectivity index (χ0) is 9.47. The molecule has 3 N–H and O–H groups in total. The molecule has 2 rings (SSSR count). The predicted molar refractivity (Wildman–Crippen MR) is 45.3 cm³/mol. The monoisotopic (exact) mass is 184 g/mol. The summed E-state index contributed by atoms with van der Waals surface area (Å²) in [4.78, 5) is 23.6. The minimum Gasteiger partial charge on any atom is -0.316 e. The van der Waals surface area contributed by atoms with Gasteiger partial charge in [0.25, 0.3) is 5.91 Å². The summed E-state index contributed by atoms with van der Waals surface area (Å²) < 4.78 is 0. The van der Waals surface area contributed by atoms with Crippen LogP contribution in [0.2, 0.25) is 0 Å². The van der Waals surface area contributed by atoms with E-state index in [1.54, 1.807) is 7.05 Å². The van der Waals surface area contributed by atoms with E-state index >= 15 is 0 Å². The van der Waals surface area contributed by atoms with Gasteiger partial charge < -0.3 is 5.32 Å². The third-order valence-electron chi connectivity index (χ3n) is 3.18. The van der Waals surface area contributed by atoms with Crippen molar-refractivity contribution in [1.29, 1.82) is 0 Å². The van der Waals surface area contributed by atoms with Gasteiger partial charge in [0.2, 0.25) is 0 Å². The van der Waals surface area contributed by atoms with E-state index in [1.807, 2.05) is 0 Å². The highest BCUT2D eigenvalue weighted by Crippen LogP contribution is 2.17. The molecule has 0 radical (unpaired) electrons. The highest BCUT2D eigenvalue weighted by molar-refractivity contribution is 6.00. The molecule has 0 aromatic rings. The summed E-state index contributed by atoms with van der Waals surface area (Å²) in [5.41, 5.74) is -0.484. The Morgan fingerprint density at radius 2 is 1.92 bits per heavy atom. The van der Waals surface area contributed by atoms with Gasteiger partial charge in [-0.15, -0.1) is 0 Å². The maximum atomic E-state index is 11.6. The van der Waals surface area contributed by atoms with E-state index in [-0.39, 0.29) is 11.9 Å². The molecular weight excluding hydrogens is 170 g/mol. The van der Waals surface area contributed by atoms with Gasteiger partial charge in [0.15, 0.2) is 5.54 Å². The lowest BCUT2D eigenvalue weighted by Gasteiger charge is -2.31. The van der Waals surface area contributed by atoms with E-state index in [2.05, 4.69) is 10.6 Å². The van der Waals surface area contributed by atoms with Gasteiger partial charge in [0.1, 0.15) is 0 Å². The Kier molecular flexibility index (Phi) is 1.85. The van der Waals surface area contributed by atoms with Crippen molar-refractivity contribution < 1.29 is 14.5 Å². The fourth-order valence-corrected chi connectivity index (χ4v) is 2.16. The first kappa shape index (κ1) is 8.65. The van der Waals surface area contributed by atoms with Crippen molar-refractivity contribution in [2.24, 2.45) is 0 Å². The first-order valence-electron chi connectivity index (χ1n) is 4.57. The Hall–Kier alpha value is -0.940. The van der Waals surface area contributed by atoms with Crippen LogP contribution in [0.15, 0.2) is 0 Å². The minimum atomic E-state index is -0.484. The molecule has 3 amide bonds. The summed E-state index contributed by atoms with van der Waals surface area (Å²) in [7, 11) is 1.77. The lowest BCUT2D eigenvalue weighted by atomic mass is 9.87. The first-order chi connectivity index (χ1) is 6.17. The zero-order valence-corrected chi connectivity index (χ0v) is 7.64. The average Bonchev–Trinajstić information content (AvgIpc) is 2.34. The van der Waals surface area contributed by atoms with Gasteiger partial charge in [0, 0.05) is 25.9 Å². The summed E-state index contributed by atoms with van der Waals surface area (Å²) in [5.74, 6) is -0.100. The SMILES string of the molecule is C[NH+]1C(=O)NC(=O)C12CCNCC2. The van der Waals surface area contributed by atoms with Crippen LogP contribution in [0.25, 0.3) is 0 Å². The first-order valence-corrected chi connectivity index (χ1v) is 4.57. The highest BCUT2D eigenvalue weighted by atomic mass is 16.2. The summed E-state index contributed by atoms with van der Waals surface area (Å²) in [5, 5.41) is 5.57. The van der Waals surface area contributed by atoms with E-state index in [4.69, 9.17) is 0 Å². The molecule has 0 saturated carbocycles. The van der Waals surface area contributed by atoms with E-state index in [0.717, 1.165) is 25.9 Å². The van der Waals surface area contributed by atoms with E-state index in [1.165, 1.54) is 0 Å². The second-order valence-corrected chi connectivity index (χ2v) is 3.74. The second-order valence-electron chi connectivity index (χ2n) is 3.74. The molecular formula is C8H14N3O2+. The molecule has 0 bridgehead atoms. The Labute approximate surface area is 76.5 Å². The summed E-state index contributed by atoms with van der Waals surface area (Å²) in [6, 6.07) is -0.188.